The highest BCUT2D eigenvalue weighted by Gasteiger charge is 2.42. The van der Waals surface area contributed by atoms with Gasteiger partial charge in [-0.05, 0) is 66.5 Å². The van der Waals surface area contributed by atoms with Crippen molar-refractivity contribution in [3.05, 3.63) is 69.7 Å². The lowest BCUT2D eigenvalue weighted by Crippen LogP contribution is -2.59. The Hall–Kier alpha value is -1.75. The Morgan fingerprint density at radius 1 is 0.933 bits per heavy atom. The number of halogens is 2. The van der Waals surface area contributed by atoms with Gasteiger partial charge >= 0.3 is 6.03 Å². The highest BCUT2D eigenvalue weighted by atomic mass is 35.5. The summed E-state index contributed by atoms with van der Waals surface area (Å²) in [4.78, 5) is 14.5. The van der Waals surface area contributed by atoms with Crippen molar-refractivity contribution < 1.29 is 9.53 Å². The monoisotopic (exact) mass is 444 g/mol. The van der Waals surface area contributed by atoms with Gasteiger partial charge in [0.1, 0.15) is 6.10 Å². The van der Waals surface area contributed by atoms with Crippen LogP contribution in [0.25, 0.3) is 0 Å². The van der Waals surface area contributed by atoms with Crippen molar-refractivity contribution in [3.8, 4) is 0 Å². The molecule has 30 heavy (non-hydrogen) atoms. The van der Waals surface area contributed by atoms with E-state index in [0.29, 0.717) is 35.1 Å². The van der Waals surface area contributed by atoms with Crippen LogP contribution in [0.15, 0.2) is 48.5 Å². The SMILES string of the molecule is O=C(N[C@H]1C[C@@H]2CC[C@H]1C2)N1CC(OC(c2ccc(Cl)cc2)c2ccc(Cl)cc2)C1. The summed E-state index contributed by atoms with van der Waals surface area (Å²) in [5.74, 6) is 1.51. The summed E-state index contributed by atoms with van der Waals surface area (Å²) < 4.78 is 6.43. The number of ether oxygens (including phenoxy) is 1. The van der Waals surface area contributed by atoms with Gasteiger partial charge in [0.15, 0.2) is 0 Å². The third-order valence-corrected chi connectivity index (χ3v) is 7.36. The van der Waals surface area contributed by atoms with Gasteiger partial charge in [-0.3, -0.25) is 0 Å². The van der Waals surface area contributed by atoms with Crippen LogP contribution in [-0.2, 0) is 4.74 Å². The number of carbonyl (C=O) groups is 1. The maximum absolute atomic E-state index is 12.6. The molecule has 2 aliphatic carbocycles. The molecular weight excluding hydrogens is 419 g/mol. The van der Waals surface area contributed by atoms with Crippen molar-refractivity contribution in [3.63, 3.8) is 0 Å². The van der Waals surface area contributed by atoms with Crippen LogP contribution >= 0.6 is 23.2 Å². The fraction of sp³-hybridized carbons (Fsp3) is 0.458. The first-order valence-electron chi connectivity index (χ1n) is 10.8. The Morgan fingerprint density at radius 3 is 2.03 bits per heavy atom. The largest absolute Gasteiger partial charge is 0.362 e. The Bertz CT molecular complexity index is 851. The second-order valence-corrected chi connectivity index (χ2v) is 9.75. The Balaban J connectivity index is 1.21. The summed E-state index contributed by atoms with van der Waals surface area (Å²) >= 11 is 12.1. The average molecular weight is 445 g/mol. The summed E-state index contributed by atoms with van der Waals surface area (Å²) in [6.45, 7) is 1.23. The van der Waals surface area contributed by atoms with E-state index >= 15 is 0 Å². The Morgan fingerprint density at radius 2 is 1.53 bits per heavy atom. The minimum absolute atomic E-state index is 0.00661. The van der Waals surface area contributed by atoms with Crippen molar-refractivity contribution in [1.82, 2.24) is 10.2 Å². The number of nitrogens with one attached hydrogen (secondary N) is 1. The summed E-state index contributed by atoms with van der Waals surface area (Å²) in [6.07, 6.45) is 4.84. The van der Waals surface area contributed by atoms with Gasteiger partial charge in [0.05, 0.1) is 19.2 Å². The van der Waals surface area contributed by atoms with E-state index in [1.165, 1.54) is 19.3 Å². The van der Waals surface area contributed by atoms with Gasteiger partial charge in [-0.2, -0.15) is 0 Å². The molecule has 158 valence electrons. The fourth-order valence-corrected chi connectivity index (χ4v) is 5.43. The molecule has 1 saturated heterocycles. The molecule has 6 heteroatoms. The van der Waals surface area contributed by atoms with E-state index in [1.807, 2.05) is 53.4 Å². The number of fused-ring (bicyclic) bond motifs is 2. The van der Waals surface area contributed by atoms with Crippen LogP contribution in [0.4, 0.5) is 4.79 Å². The summed E-state index contributed by atoms with van der Waals surface area (Å²) in [5.41, 5.74) is 2.07. The first-order valence-corrected chi connectivity index (χ1v) is 11.5. The molecule has 2 aromatic rings. The zero-order valence-corrected chi connectivity index (χ0v) is 18.3. The molecule has 3 aliphatic rings. The molecular formula is C24H26Cl2N2O2. The van der Waals surface area contributed by atoms with E-state index in [9.17, 15) is 4.79 Å². The number of urea groups is 1. The first-order chi connectivity index (χ1) is 14.5. The van der Waals surface area contributed by atoms with Crippen LogP contribution in [0.3, 0.4) is 0 Å². The van der Waals surface area contributed by atoms with Gasteiger partial charge in [-0.1, -0.05) is 53.9 Å². The number of benzene rings is 2. The lowest BCUT2D eigenvalue weighted by atomic mass is 9.95. The fourth-order valence-electron chi connectivity index (χ4n) is 5.18. The Labute approximate surface area is 187 Å². The quantitative estimate of drug-likeness (QED) is 0.643. The van der Waals surface area contributed by atoms with Crippen molar-refractivity contribution in [2.45, 2.75) is 43.9 Å². The third kappa shape index (κ3) is 4.18. The molecule has 1 heterocycles. The number of nitrogens with zero attached hydrogens (tertiary/aromatic N) is 1. The van der Waals surface area contributed by atoms with E-state index < -0.39 is 0 Å². The lowest BCUT2D eigenvalue weighted by molar-refractivity contribution is -0.0650. The second kappa shape index (κ2) is 8.41. The molecule has 2 aromatic carbocycles. The minimum Gasteiger partial charge on any atom is -0.362 e. The maximum atomic E-state index is 12.6. The predicted molar refractivity (Wildman–Crippen MR) is 119 cm³/mol. The molecule has 5 rings (SSSR count). The Kier molecular flexibility index (Phi) is 5.65. The normalized spacial score (nSPS) is 25.6. The number of hydrogen-bond acceptors (Lipinski definition) is 2. The van der Waals surface area contributed by atoms with E-state index in [2.05, 4.69) is 5.32 Å². The smallest absolute Gasteiger partial charge is 0.317 e. The molecule has 1 N–H and O–H groups in total. The van der Waals surface area contributed by atoms with Crippen LogP contribution in [0.2, 0.25) is 10.0 Å². The highest BCUT2D eigenvalue weighted by Crippen LogP contribution is 2.44. The molecule has 1 aliphatic heterocycles. The van der Waals surface area contributed by atoms with Gasteiger partial charge in [0.2, 0.25) is 0 Å². The molecule has 2 amide bonds. The summed E-state index contributed by atoms with van der Waals surface area (Å²) in [5, 5.41) is 4.65. The molecule has 3 fully saturated rings. The van der Waals surface area contributed by atoms with Crippen molar-refractivity contribution in [2.75, 3.05) is 13.1 Å². The zero-order chi connectivity index (χ0) is 20.7. The number of carbonyl (C=O) groups excluding carboxylic acids is 1. The summed E-state index contributed by atoms with van der Waals surface area (Å²) in [7, 11) is 0. The number of rotatable bonds is 5. The molecule has 0 unspecified atom stereocenters. The predicted octanol–water partition coefficient (Wildman–Crippen LogP) is 5.68. The second-order valence-electron chi connectivity index (χ2n) is 8.88. The number of amides is 2. The number of hydrogen-bond donors (Lipinski definition) is 1. The molecule has 2 saturated carbocycles. The van der Waals surface area contributed by atoms with Gasteiger partial charge in [-0.25, -0.2) is 4.79 Å². The van der Waals surface area contributed by atoms with Crippen LogP contribution in [0, 0.1) is 11.8 Å². The minimum atomic E-state index is -0.222. The van der Waals surface area contributed by atoms with E-state index in [0.717, 1.165) is 23.5 Å². The van der Waals surface area contributed by atoms with Crippen molar-refractivity contribution in [2.24, 2.45) is 11.8 Å². The highest BCUT2D eigenvalue weighted by molar-refractivity contribution is 6.30. The topological polar surface area (TPSA) is 41.6 Å². The summed E-state index contributed by atoms with van der Waals surface area (Å²) in [6, 6.07) is 15.9. The van der Waals surface area contributed by atoms with Crippen molar-refractivity contribution in [1.29, 1.82) is 0 Å². The van der Waals surface area contributed by atoms with E-state index in [-0.39, 0.29) is 18.2 Å². The van der Waals surface area contributed by atoms with Crippen LogP contribution in [-0.4, -0.2) is 36.2 Å². The standard InChI is InChI=1S/C24H26Cl2N2O2/c25-19-7-3-16(4-8-19)23(17-5-9-20(26)10-6-17)30-21-13-28(14-21)24(29)27-22-12-15-1-2-18(22)11-15/h3-10,15,18,21-23H,1-2,11-14H2,(H,27,29)/t15-,18+,22+/m1/s1. The van der Waals surface area contributed by atoms with E-state index in [4.69, 9.17) is 27.9 Å². The lowest BCUT2D eigenvalue weighted by Gasteiger charge is -2.41. The van der Waals surface area contributed by atoms with Gasteiger partial charge in [0, 0.05) is 16.1 Å². The molecule has 3 atom stereocenters. The van der Waals surface area contributed by atoms with Gasteiger partial charge in [0.25, 0.3) is 0 Å². The molecule has 0 radical (unpaired) electrons. The first kappa shape index (κ1) is 20.2. The molecule has 0 aromatic heterocycles. The van der Waals surface area contributed by atoms with E-state index in [1.54, 1.807) is 0 Å². The average Bonchev–Trinajstić information content (AvgIpc) is 3.32. The maximum Gasteiger partial charge on any atom is 0.317 e. The third-order valence-electron chi connectivity index (χ3n) is 6.86. The van der Waals surface area contributed by atoms with Crippen LogP contribution < -0.4 is 5.32 Å². The van der Waals surface area contributed by atoms with Crippen molar-refractivity contribution >= 4 is 29.2 Å². The van der Waals surface area contributed by atoms with Crippen LogP contribution in [0.5, 0.6) is 0 Å². The van der Waals surface area contributed by atoms with Gasteiger partial charge < -0.3 is 15.0 Å². The molecule has 4 nitrogen and oxygen atoms in total. The van der Waals surface area contributed by atoms with Crippen LogP contribution in [0.1, 0.15) is 42.9 Å². The molecule has 0 spiro atoms. The number of likely N-dealkylation sites (tertiary alicyclic amines) is 1. The van der Waals surface area contributed by atoms with Gasteiger partial charge in [-0.15, -0.1) is 0 Å². The zero-order valence-electron chi connectivity index (χ0n) is 16.8. The molecule has 2 bridgehead atoms.